The first-order valence-corrected chi connectivity index (χ1v) is 7.97. The lowest BCUT2D eigenvalue weighted by atomic mass is 10.3. The van der Waals surface area contributed by atoms with Crippen LogP contribution >= 0.6 is 23.2 Å². The number of carbonyl (C=O) groups is 2. The third-order valence-electron chi connectivity index (χ3n) is 3.13. The minimum Gasteiger partial charge on any atom is -0.484 e. The molecule has 2 aromatic rings. The molecule has 0 heterocycles. The number of carbonyl (C=O) groups excluding carboxylic acids is 2. The standard InChI is InChI=1S/C17H15Cl2FN2O3/c1-22(9-16(23)21-14-4-2-13(20)3-5-14)17(24)10-25-15-7-11(18)6-12(19)8-15/h2-8H,9-10H2,1H3,(H,21,23). The molecule has 2 amide bonds. The highest BCUT2D eigenvalue weighted by molar-refractivity contribution is 6.34. The number of rotatable bonds is 6. The van der Waals surface area contributed by atoms with Crippen LogP contribution in [0.1, 0.15) is 0 Å². The van der Waals surface area contributed by atoms with E-state index in [2.05, 4.69) is 5.32 Å². The summed E-state index contributed by atoms with van der Waals surface area (Å²) < 4.78 is 18.1. The number of hydrogen-bond acceptors (Lipinski definition) is 3. The molecule has 2 rings (SSSR count). The summed E-state index contributed by atoms with van der Waals surface area (Å²) in [4.78, 5) is 25.1. The van der Waals surface area contributed by atoms with E-state index in [1.165, 1.54) is 48.3 Å². The van der Waals surface area contributed by atoms with E-state index in [-0.39, 0.29) is 13.2 Å². The maximum atomic E-state index is 12.8. The molecule has 0 atom stereocenters. The van der Waals surface area contributed by atoms with Crippen molar-refractivity contribution in [3.8, 4) is 5.75 Å². The molecule has 25 heavy (non-hydrogen) atoms. The molecule has 1 N–H and O–H groups in total. The molecule has 0 radical (unpaired) electrons. The highest BCUT2D eigenvalue weighted by Gasteiger charge is 2.14. The van der Waals surface area contributed by atoms with E-state index in [4.69, 9.17) is 27.9 Å². The number of benzene rings is 2. The smallest absolute Gasteiger partial charge is 0.260 e. The van der Waals surface area contributed by atoms with Crippen molar-refractivity contribution in [1.82, 2.24) is 4.90 Å². The van der Waals surface area contributed by atoms with Crippen LogP contribution in [0.2, 0.25) is 10.0 Å². The molecule has 132 valence electrons. The van der Waals surface area contributed by atoms with Crippen LogP contribution in [-0.2, 0) is 9.59 Å². The van der Waals surface area contributed by atoms with Gasteiger partial charge in [-0.05, 0) is 42.5 Å². The minimum absolute atomic E-state index is 0.171. The van der Waals surface area contributed by atoms with E-state index in [0.717, 1.165) is 0 Å². The van der Waals surface area contributed by atoms with Crippen molar-refractivity contribution in [1.29, 1.82) is 0 Å². The lowest BCUT2D eigenvalue weighted by molar-refractivity contribution is -0.135. The number of nitrogens with one attached hydrogen (secondary N) is 1. The number of anilines is 1. The SMILES string of the molecule is CN(CC(=O)Nc1ccc(F)cc1)C(=O)COc1cc(Cl)cc(Cl)c1. The van der Waals surface area contributed by atoms with Gasteiger partial charge in [-0.3, -0.25) is 9.59 Å². The van der Waals surface area contributed by atoms with Gasteiger partial charge in [0.2, 0.25) is 5.91 Å². The van der Waals surface area contributed by atoms with Gasteiger partial charge in [0.25, 0.3) is 5.91 Å². The van der Waals surface area contributed by atoms with E-state index in [1.54, 1.807) is 6.07 Å². The summed E-state index contributed by atoms with van der Waals surface area (Å²) in [6.45, 7) is -0.438. The summed E-state index contributed by atoms with van der Waals surface area (Å²) >= 11 is 11.7. The fourth-order valence-corrected chi connectivity index (χ4v) is 2.41. The minimum atomic E-state index is -0.409. The predicted molar refractivity (Wildman–Crippen MR) is 94.6 cm³/mol. The highest BCUT2D eigenvalue weighted by Crippen LogP contribution is 2.24. The Hall–Kier alpha value is -2.31. The molecule has 0 aromatic heterocycles. The van der Waals surface area contributed by atoms with E-state index in [9.17, 15) is 14.0 Å². The summed E-state index contributed by atoms with van der Waals surface area (Å²) in [5, 5.41) is 3.35. The summed E-state index contributed by atoms with van der Waals surface area (Å²) in [7, 11) is 1.47. The Kier molecular flexibility index (Phi) is 6.61. The number of halogens is 3. The van der Waals surface area contributed by atoms with Crippen LogP contribution in [0.25, 0.3) is 0 Å². The van der Waals surface area contributed by atoms with E-state index in [0.29, 0.717) is 21.5 Å². The van der Waals surface area contributed by atoms with Crippen LogP contribution in [0.15, 0.2) is 42.5 Å². The summed E-state index contributed by atoms with van der Waals surface area (Å²) in [5.74, 6) is -0.850. The van der Waals surface area contributed by atoms with Crippen molar-refractivity contribution in [2.24, 2.45) is 0 Å². The zero-order valence-corrected chi connectivity index (χ0v) is 14.8. The Bertz CT molecular complexity index is 749. The molecule has 0 aliphatic rings. The van der Waals surface area contributed by atoms with Crippen molar-refractivity contribution >= 4 is 40.7 Å². The highest BCUT2D eigenvalue weighted by atomic mass is 35.5. The summed E-state index contributed by atoms with van der Waals surface area (Å²) in [5.41, 5.74) is 0.442. The van der Waals surface area contributed by atoms with Gasteiger partial charge in [0, 0.05) is 22.8 Å². The van der Waals surface area contributed by atoms with Gasteiger partial charge in [0.05, 0.1) is 6.54 Å². The van der Waals surface area contributed by atoms with Crippen LogP contribution in [-0.4, -0.2) is 36.9 Å². The number of amides is 2. The molecular formula is C17H15Cl2FN2O3. The first-order chi connectivity index (χ1) is 11.8. The molecular weight excluding hydrogens is 370 g/mol. The van der Waals surface area contributed by atoms with Crippen LogP contribution in [0.3, 0.4) is 0 Å². The van der Waals surface area contributed by atoms with Crippen molar-refractivity contribution < 1.29 is 18.7 Å². The second kappa shape index (κ2) is 8.69. The van der Waals surface area contributed by atoms with Gasteiger partial charge in [-0.25, -0.2) is 4.39 Å². The van der Waals surface area contributed by atoms with Gasteiger partial charge in [0.1, 0.15) is 11.6 Å². The molecule has 0 aliphatic carbocycles. The topological polar surface area (TPSA) is 58.6 Å². The summed E-state index contributed by atoms with van der Waals surface area (Å²) in [6.07, 6.45) is 0. The predicted octanol–water partition coefficient (Wildman–Crippen LogP) is 3.61. The van der Waals surface area contributed by atoms with Gasteiger partial charge in [0.15, 0.2) is 6.61 Å². The third-order valence-corrected chi connectivity index (χ3v) is 3.57. The number of ether oxygens (including phenoxy) is 1. The third kappa shape index (κ3) is 6.25. The lowest BCUT2D eigenvalue weighted by Crippen LogP contribution is -2.37. The zero-order chi connectivity index (χ0) is 18.4. The van der Waals surface area contributed by atoms with Gasteiger partial charge in [-0.2, -0.15) is 0 Å². The van der Waals surface area contributed by atoms with Gasteiger partial charge < -0.3 is 15.0 Å². The fourth-order valence-electron chi connectivity index (χ4n) is 1.90. The second-order valence-electron chi connectivity index (χ2n) is 5.20. The van der Waals surface area contributed by atoms with Crippen molar-refractivity contribution in [2.75, 3.05) is 25.5 Å². The van der Waals surface area contributed by atoms with E-state index < -0.39 is 17.6 Å². The molecule has 0 aliphatic heterocycles. The van der Waals surface area contributed by atoms with Gasteiger partial charge in [-0.15, -0.1) is 0 Å². The summed E-state index contributed by atoms with van der Waals surface area (Å²) in [6, 6.07) is 9.93. The maximum Gasteiger partial charge on any atom is 0.260 e. The van der Waals surface area contributed by atoms with E-state index >= 15 is 0 Å². The largest absolute Gasteiger partial charge is 0.484 e. The fraction of sp³-hybridized carbons (Fsp3) is 0.176. The monoisotopic (exact) mass is 384 g/mol. The first-order valence-electron chi connectivity index (χ1n) is 7.22. The molecule has 0 spiro atoms. The number of likely N-dealkylation sites (N-methyl/N-ethyl adjacent to an activating group) is 1. The average Bonchev–Trinajstić information content (AvgIpc) is 2.53. The Labute approximate surface area is 154 Å². The maximum absolute atomic E-state index is 12.8. The van der Waals surface area contributed by atoms with Crippen molar-refractivity contribution in [3.63, 3.8) is 0 Å². The Morgan fingerprint density at radius 1 is 1.12 bits per heavy atom. The molecule has 2 aromatic carbocycles. The quantitative estimate of drug-likeness (QED) is 0.827. The van der Waals surface area contributed by atoms with Gasteiger partial charge >= 0.3 is 0 Å². The number of hydrogen-bond donors (Lipinski definition) is 1. The molecule has 5 nitrogen and oxygen atoms in total. The van der Waals surface area contributed by atoms with Crippen molar-refractivity contribution in [3.05, 3.63) is 58.3 Å². The van der Waals surface area contributed by atoms with Gasteiger partial charge in [-0.1, -0.05) is 23.2 Å². The number of nitrogens with zero attached hydrogens (tertiary/aromatic N) is 1. The normalized spacial score (nSPS) is 10.2. The van der Waals surface area contributed by atoms with Crippen LogP contribution in [0.5, 0.6) is 5.75 Å². The Balaban J connectivity index is 1.82. The Morgan fingerprint density at radius 2 is 1.72 bits per heavy atom. The molecule has 0 fully saturated rings. The van der Waals surface area contributed by atoms with Crippen LogP contribution < -0.4 is 10.1 Å². The zero-order valence-electron chi connectivity index (χ0n) is 13.3. The average molecular weight is 385 g/mol. The molecule has 0 bridgehead atoms. The van der Waals surface area contributed by atoms with E-state index in [1.807, 2.05) is 0 Å². The molecule has 8 heteroatoms. The molecule has 0 unspecified atom stereocenters. The van der Waals surface area contributed by atoms with Crippen LogP contribution in [0, 0.1) is 5.82 Å². The van der Waals surface area contributed by atoms with Crippen molar-refractivity contribution in [2.45, 2.75) is 0 Å². The Morgan fingerprint density at radius 3 is 2.32 bits per heavy atom. The van der Waals surface area contributed by atoms with Crippen LogP contribution in [0.4, 0.5) is 10.1 Å². The first kappa shape index (κ1) is 19.0. The second-order valence-corrected chi connectivity index (χ2v) is 6.07. The molecule has 0 saturated carbocycles. The lowest BCUT2D eigenvalue weighted by Gasteiger charge is -2.17. The molecule has 0 saturated heterocycles.